The number of nitrogens with one attached hydrogen (secondary N) is 1. The number of halogens is 1. The molecule has 1 amide bonds. The SMILES string of the molecule is CC(C)NCCC(=O)N(C)Cc1ccc(Br)o1. The molecule has 0 atom stereocenters. The Hall–Kier alpha value is -0.810. The lowest BCUT2D eigenvalue weighted by Crippen LogP contribution is -2.31. The second kappa shape index (κ2) is 6.81. The average molecular weight is 303 g/mol. The van der Waals surface area contributed by atoms with E-state index in [1.165, 1.54) is 0 Å². The molecule has 0 aliphatic rings. The predicted molar refractivity (Wildman–Crippen MR) is 70.6 cm³/mol. The largest absolute Gasteiger partial charge is 0.452 e. The van der Waals surface area contributed by atoms with E-state index >= 15 is 0 Å². The molecule has 0 saturated carbocycles. The van der Waals surface area contributed by atoms with Crippen molar-refractivity contribution in [3.05, 3.63) is 22.6 Å². The van der Waals surface area contributed by atoms with Crippen molar-refractivity contribution in [3.63, 3.8) is 0 Å². The van der Waals surface area contributed by atoms with E-state index in [0.717, 1.165) is 5.76 Å². The molecule has 0 spiro atoms. The highest BCUT2D eigenvalue weighted by atomic mass is 79.9. The standard InChI is InChI=1S/C12H19BrN2O2/c1-9(2)14-7-6-12(16)15(3)8-10-4-5-11(13)17-10/h4-5,9,14H,6-8H2,1-3H3. The Morgan fingerprint density at radius 2 is 2.24 bits per heavy atom. The Morgan fingerprint density at radius 1 is 1.53 bits per heavy atom. The zero-order valence-corrected chi connectivity index (χ0v) is 12.1. The van der Waals surface area contributed by atoms with E-state index in [0.29, 0.717) is 30.2 Å². The van der Waals surface area contributed by atoms with Crippen molar-refractivity contribution in [1.29, 1.82) is 0 Å². The van der Waals surface area contributed by atoms with Gasteiger partial charge in [0, 0.05) is 26.1 Å². The minimum Gasteiger partial charge on any atom is -0.452 e. The summed E-state index contributed by atoms with van der Waals surface area (Å²) in [4.78, 5) is 13.4. The van der Waals surface area contributed by atoms with Crippen molar-refractivity contribution in [2.45, 2.75) is 32.9 Å². The third-order valence-electron chi connectivity index (χ3n) is 2.34. The van der Waals surface area contributed by atoms with Crippen LogP contribution in [0.1, 0.15) is 26.0 Å². The summed E-state index contributed by atoms with van der Waals surface area (Å²) >= 11 is 3.24. The number of amides is 1. The fourth-order valence-corrected chi connectivity index (χ4v) is 1.76. The highest BCUT2D eigenvalue weighted by Gasteiger charge is 2.11. The van der Waals surface area contributed by atoms with Gasteiger partial charge in [-0.1, -0.05) is 13.8 Å². The van der Waals surface area contributed by atoms with Crippen molar-refractivity contribution in [2.24, 2.45) is 0 Å². The van der Waals surface area contributed by atoms with Gasteiger partial charge >= 0.3 is 0 Å². The van der Waals surface area contributed by atoms with Crippen LogP contribution in [0.2, 0.25) is 0 Å². The number of carbonyl (C=O) groups is 1. The lowest BCUT2D eigenvalue weighted by molar-refractivity contribution is -0.130. The maximum atomic E-state index is 11.8. The monoisotopic (exact) mass is 302 g/mol. The molecule has 4 nitrogen and oxygen atoms in total. The minimum absolute atomic E-state index is 0.116. The molecular weight excluding hydrogens is 284 g/mol. The predicted octanol–water partition coefficient (Wildman–Crippen LogP) is 2.39. The zero-order chi connectivity index (χ0) is 12.8. The molecule has 1 aromatic rings. The van der Waals surface area contributed by atoms with Gasteiger partial charge in [0.1, 0.15) is 5.76 Å². The molecule has 1 aromatic heterocycles. The summed E-state index contributed by atoms with van der Waals surface area (Å²) in [6.07, 6.45) is 0.510. The minimum atomic E-state index is 0.116. The molecule has 0 bridgehead atoms. The van der Waals surface area contributed by atoms with Crippen molar-refractivity contribution >= 4 is 21.8 Å². The number of carbonyl (C=O) groups excluding carboxylic acids is 1. The Kier molecular flexibility index (Phi) is 5.71. The van der Waals surface area contributed by atoms with Gasteiger partial charge in [-0.15, -0.1) is 0 Å². The third-order valence-corrected chi connectivity index (χ3v) is 2.77. The summed E-state index contributed by atoms with van der Waals surface area (Å²) in [5, 5.41) is 3.22. The van der Waals surface area contributed by atoms with Crippen LogP contribution in [0.5, 0.6) is 0 Å². The van der Waals surface area contributed by atoms with E-state index in [1.807, 2.05) is 12.1 Å². The molecule has 96 valence electrons. The van der Waals surface area contributed by atoms with Crippen LogP contribution in [0.15, 0.2) is 21.2 Å². The number of hydrogen-bond donors (Lipinski definition) is 1. The van der Waals surface area contributed by atoms with E-state index in [-0.39, 0.29) is 5.91 Å². The first kappa shape index (κ1) is 14.3. The summed E-state index contributed by atoms with van der Waals surface area (Å²) in [7, 11) is 1.79. The van der Waals surface area contributed by atoms with E-state index in [1.54, 1.807) is 11.9 Å². The molecular formula is C12H19BrN2O2. The van der Waals surface area contributed by atoms with Crippen LogP contribution in [0, 0.1) is 0 Å². The van der Waals surface area contributed by atoms with Crippen LogP contribution in [0.3, 0.4) is 0 Å². The Morgan fingerprint density at radius 3 is 2.76 bits per heavy atom. The van der Waals surface area contributed by atoms with Crippen molar-refractivity contribution in [3.8, 4) is 0 Å². The summed E-state index contributed by atoms with van der Waals surface area (Å²) in [6.45, 7) is 5.35. The van der Waals surface area contributed by atoms with Gasteiger partial charge in [-0.05, 0) is 28.1 Å². The van der Waals surface area contributed by atoms with Crippen LogP contribution in [0.25, 0.3) is 0 Å². The van der Waals surface area contributed by atoms with Crippen LogP contribution in [0.4, 0.5) is 0 Å². The normalized spacial score (nSPS) is 10.9. The summed E-state index contributed by atoms with van der Waals surface area (Å²) in [6, 6.07) is 4.10. The molecule has 1 rings (SSSR count). The quantitative estimate of drug-likeness (QED) is 0.877. The molecule has 0 unspecified atom stereocenters. The maximum absolute atomic E-state index is 11.8. The van der Waals surface area contributed by atoms with Gasteiger partial charge in [-0.2, -0.15) is 0 Å². The van der Waals surface area contributed by atoms with Crippen molar-refractivity contribution in [2.75, 3.05) is 13.6 Å². The highest BCUT2D eigenvalue weighted by Crippen LogP contribution is 2.15. The smallest absolute Gasteiger partial charge is 0.223 e. The molecule has 1 N–H and O–H groups in total. The first-order chi connectivity index (χ1) is 7.99. The number of nitrogens with zero attached hydrogens (tertiary/aromatic N) is 1. The Bertz CT molecular complexity index is 363. The molecule has 0 aliphatic carbocycles. The summed E-state index contributed by atoms with van der Waals surface area (Å²) in [5.74, 6) is 0.898. The number of rotatable bonds is 6. The molecule has 17 heavy (non-hydrogen) atoms. The number of hydrogen-bond acceptors (Lipinski definition) is 3. The zero-order valence-electron chi connectivity index (χ0n) is 10.5. The summed E-state index contributed by atoms with van der Waals surface area (Å²) in [5.41, 5.74) is 0. The lowest BCUT2D eigenvalue weighted by atomic mass is 10.3. The fourth-order valence-electron chi connectivity index (χ4n) is 1.42. The van der Waals surface area contributed by atoms with Gasteiger partial charge in [-0.25, -0.2) is 0 Å². The fraction of sp³-hybridized carbons (Fsp3) is 0.583. The van der Waals surface area contributed by atoms with Gasteiger partial charge in [0.05, 0.1) is 6.54 Å². The first-order valence-electron chi connectivity index (χ1n) is 5.70. The van der Waals surface area contributed by atoms with Gasteiger partial charge in [0.2, 0.25) is 5.91 Å². The van der Waals surface area contributed by atoms with Crippen LogP contribution >= 0.6 is 15.9 Å². The van der Waals surface area contributed by atoms with E-state index in [9.17, 15) is 4.79 Å². The Labute approximate surface area is 110 Å². The summed E-state index contributed by atoms with van der Waals surface area (Å²) < 4.78 is 6.04. The lowest BCUT2D eigenvalue weighted by Gasteiger charge is -2.16. The average Bonchev–Trinajstić information content (AvgIpc) is 2.63. The first-order valence-corrected chi connectivity index (χ1v) is 6.50. The van der Waals surface area contributed by atoms with Crippen LogP contribution in [-0.4, -0.2) is 30.4 Å². The Balaban J connectivity index is 2.31. The van der Waals surface area contributed by atoms with Gasteiger partial charge in [0.25, 0.3) is 0 Å². The molecule has 5 heteroatoms. The molecule has 0 radical (unpaired) electrons. The van der Waals surface area contributed by atoms with Gasteiger partial charge < -0.3 is 14.6 Å². The topological polar surface area (TPSA) is 45.5 Å². The van der Waals surface area contributed by atoms with Crippen LogP contribution in [-0.2, 0) is 11.3 Å². The molecule has 0 saturated heterocycles. The van der Waals surface area contributed by atoms with E-state index in [2.05, 4.69) is 35.1 Å². The maximum Gasteiger partial charge on any atom is 0.223 e. The highest BCUT2D eigenvalue weighted by molar-refractivity contribution is 9.10. The molecule has 0 aliphatic heterocycles. The second-order valence-electron chi connectivity index (χ2n) is 4.31. The molecule has 0 aromatic carbocycles. The number of furan rings is 1. The van der Waals surface area contributed by atoms with Crippen molar-refractivity contribution in [1.82, 2.24) is 10.2 Å². The second-order valence-corrected chi connectivity index (χ2v) is 5.10. The van der Waals surface area contributed by atoms with E-state index in [4.69, 9.17) is 4.42 Å². The van der Waals surface area contributed by atoms with Gasteiger partial charge in [-0.3, -0.25) is 4.79 Å². The third kappa shape index (κ3) is 5.37. The van der Waals surface area contributed by atoms with Gasteiger partial charge in [0.15, 0.2) is 4.67 Å². The molecule has 0 fully saturated rings. The van der Waals surface area contributed by atoms with E-state index < -0.39 is 0 Å². The molecule has 1 heterocycles. The van der Waals surface area contributed by atoms with Crippen molar-refractivity contribution < 1.29 is 9.21 Å². The van der Waals surface area contributed by atoms with Crippen LogP contribution < -0.4 is 5.32 Å².